The highest BCUT2D eigenvalue weighted by Gasteiger charge is 2.15. The molecule has 0 unspecified atom stereocenters. The topological polar surface area (TPSA) is 73.4 Å². The van der Waals surface area contributed by atoms with E-state index in [9.17, 15) is 4.79 Å². The van der Waals surface area contributed by atoms with Crippen molar-refractivity contribution in [3.63, 3.8) is 0 Å². The minimum atomic E-state index is -0.0167. The largest absolute Gasteiger partial charge is 0.340 e. The number of amides is 1. The maximum atomic E-state index is 12.6. The van der Waals surface area contributed by atoms with E-state index in [1.807, 2.05) is 42.5 Å². The molecule has 0 bridgehead atoms. The van der Waals surface area contributed by atoms with Crippen molar-refractivity contribution in [2.45, 2.75) is 6.42 Å². The molecule has 2 N–H and O–H groups in total. The Morgan fingerprint density at radius 1 is 1.10 bits per heavy atom. The second-order valence-corrected chi connectivity index (χ2v) is 7.79. The Labute approximate surface area is 182 Å². The van der Waals surface area contributed by atoms with E-state index >= 15 is 0 Å². The molecule has 31 heavy (non-hydrogen) atoms. The number of hydrogen-bond acceptors (Lipinski definition) is 6. The molecule has 1 saturated heterocycles. The molecule has 2 heterocycles. The van der Waals surface area contributed by atoms with Gasteiger partial charge in [-0.1, -0.05) is 12.0 Å². The normalized spacial score (nSPS) is 15.2. The lowest BCUT2D eigenvalue weighted by Crippen LogP contribution is -2.35. The van der Waals surface area contributed by atoms with Gasteiger partial charge in [0.25, 0.3) is 0 Å². The Morgan fingerprint density at radius 3 is 2.87 bits per heavy atom. The summed E-state index contributed by atoms with van der Waals surface area (Å²) in [5, 5.41) is 7.15. The zero-order valence-corrected chi connectivity index (χ0v) is 17.6. The Morgan fingerprint density at radius 2 is 2.00 bits per heavy atom. The lowest BCUT2D eigenvalue weighted by atomic mass is 10.2. The van der Waals surface area contributed by atoms with Crippen LogP contribution in [0.15, 0.2) is 48.8 Å². The van der Waals surface area contributed by atoms with Crippen LogP contribution in [0.3, 0.4) is 0 Å². The predicted octanol–water partition coefficient (Wildman–Crippen LogP) is 2.93. The molecule has 4 rings (SSSR count). The van der Waals surface area contributed by atoms with Crippen LogP contribution >= 0.6 is 0 Å². The third kappa shape index (κ3) is 5.37. The smallest absolute Gasteiger partial charge is 0.238 e. The Kier molecular flexibility index (Phi) is 6.41. The number of rotatable bonds is 5. The van der Waals surface area contributed by atoms with Gasteiger partial charge in [0.2, 0.25) is 5.91 Å². The molecular formula is C24H26N6O. The Balaban J connectivity index is 1.49. The number of terminal acetylenes is 1. The summed E-state index contributed by atoms with van der Waals surface area (Å²) in [6, 6.07) is 13.2. The first kappa shape index (κ1) is 20.8. The van der Waals surface area contributed by atoms with Crippen LogP contribution in [0.2, 0.25) is 0 Å². The predicted molar refractivity (Wildman–Crippen MR) is 124 cm³/mol. The first-order valence-corrected chi connectivity index (χ1v) is 10.4. The highest BCUT2D eigenvalue weighted by atomic mass is 16.2. The van der Waals surface area contributed by atoms with E-state index in [2.05, 4.69) is 43.4 Å². The molecule has 1 fully saturated rings. The third-order valence-corrected chi connectivity index (χ3v) is 5.39. The van der Waals surface area contributed by atoms with Crippen molar-refractivity contribution >= 4 is 34.0 Å². The van der Waals surface area contributed by atoms with Crippen LogP contribution in [0.1, 0.15) is 12.0 Å². The molecule has 158 valence electrons. The van der Waals surface area contributed by atoms with Crippen molar-refractivity contribution in [1.82, 2.24) is 19.8 Å². The molecule has 0 atom stereocenters. The van der Waals surface area contributed by atoms with Crippen LogP contribution in [0, 0.1) is 12.3 Å². The highest BCUT2D eigenvalue weighted by molar-refractivity contribution is 5.97. The first-order valence-electron chi connectivity index (χ1n) is 10.4. The van der Waals surface area contributed by atoms with Gasteiger partial charge in [-0.2, -0.15) is 0 Å². The zero-order valence-electron chi connectivity index (χ0n) is 17.6. The average molecular weight is 415 g/mol. The van der Waals surface area contributed by atoms with Crippen LogP contribution in [-0.4, -0.2) is 65.4 Å². The van der Waals surface area contributed by atoms with E-state index < -0.39 is 0 Å². The number of aromatic nitrogens is 2. The Bertz CT molecular complexity index is 1120. The van der Waals surface area contributed by atoms with Gasteiger partial charge in [0, 0.05) is 35.4 Å². The summed E-state index contributed by atoms with van der Waals surface area (Å²) in [5.41, 5.74) is 3.14. The minimum Gasteiger partial charge on any atom is -0.340 e. The van der Waals surface area contributed by atoms with Gasteiger partial charge in [0.1, 0.15) is 12.1 Å². The second-order valence-electron chi connectivity index (χ2n) is 7.79. The number of carbonyl (C=O) groups is 1. The molecule has 1 aliphatic rings. The van der Waals surface area contributed by atoms with Crippen molar-refractivity contribution < 1.29 is 4.79 Å². The van der Waals surface area contributed by atoms with Crippen LogP contribution in [0.25, 0.3) is 10.9 Å². The molecule has 1 aromatic heterocycles. The SMILES string of the molecule is C#Cc1cccc(Nc2ncnc3ccc(NC(=O)CN4CCCN(C)CC4)cc23)c1. The van der Waals surface area contributed by atoms with Crippen molar-refractivity contribution in [2.75, 3.05) is 50.4 Å². The van der Waals surface area contributed by atoms with Gasteiger partial charge in [-0.3, -0.25) is 9.69 Å². The molecule has 0 aliphatic carbocycles. The number of nitrogens with one attached hydrogen (secondary N) is 2. The summed E-state index contributed by atoms with van der Waals surface area (Å²) in [6.45, 7) is 4.29. The molecule has 3 aromatic rings. The van der Waals surface area contributed by atoms with Gasteiger partial charge in [0.05, 0.1) is 12.1 Å². The summed E-state index contributed by atoms with van der Waals surface area (Å²) in [4.78, 5) is 25.9. The molecule has 1 aliphatic heterocycles. The van der Waals surface area contributed by atoms with Gasteiger partial charge < -0.3 is 15.5 Å². The van der Waals surface area contributed by atoms with Gasteiger partial charge in [0.15, 0.2) is 0 Å². The molecular weight excluding hydrogens is 388 g/mol. The summed E-state index contributed by atoms with van der Waals surface area (Å²) in [6.07, 6.45) is 8.10. The van der Waals surface area contributed by atoms with Gasteiger partial charge in [-0.05, 0) is 63.0 Å². The van der Waals surface area contributed by atoms with Crippen LogP contribution in [0.5, 0.6) is 0 Å². The fraction of sp³-hybridized carbons (Fsp3) is 0.292. The van der Waals surface area contributed by atoms with E-state index in [0.29, 0.717) is 12.4 Å². The second kappa shape index (κ2) is 9.56. The number of likely N-dealkylation sites (N-methyl/N-ethyl adjacent to an activating group) is 1. The monoisotopic (exact) mass is 414 g/mol. The molecule has 0 radical (unpaired) electrons. The number of hydrogen-bond donors (Lipinski definition) is 2. The maximum Gasteiger partial charge on any atom is 0.238 e. The fourth-order valence-electron chi connectivity index (χ4n) is 3.72. The molecule has 0 spiro atoms. The summed E-state index contributed by atoms with van der Waals surface area (Å²) in [5.74, 6) is 3.28. The van der Waals surface area contributed by atoms with E-state index in [0.717, 1.165) is 60.4 Å². The molecule has 2 aromatic carbocycles. The highest BCUT2D eigenvalue weighted by Crippen LogP contribution is 2.26. The summed E-state index contributed by atoms with van der Waals surface area (Å²) >= 11 is 0. The maximum absolute atomic E-state index is 12.6. The fourth-order valence-corrected chi connectivity index (χ4v) is 3.72. The number of anilines is 3. The quantitative estimate of drug-likeness (QED) is 0.626. The lowest BCUT2D eigenvalue weighted by Gasteiger charge is -2.19. The van der Waals surface area contributed by atoms with Gasteiger partial charge >= 0.3 is 0 Å². The molecule has 7 heteroatoms. The van der Waals surface area contributed by atoms with Crippen LogP contribution < -0.4 is 10.6 Å². The number of nitrogens with zero attached hydrogens (tertiary/aromatic N) is 4. The standard InChI is InChI=1S/C24H26N6O/c1-3-18-6-4-7-19(14-18)28-24-21-15-20(8-9-22(21)25-17-26-24)27-23(31)16-30-11-5-10-29(2)12-13-30/h1,4,6-9,14-15,17H,5,10-13,16H2,2H3,(H,27,31)(H,25,26,28). The average Bonchev–Trinajstić information content (AvgIpc) is 2.98. The third-order valence-electron chi connectivity index (χ3n) is 5.39. The zero-order chi connectivity index (χ0) is 21.6. The van der Waals surface area contributed by atoms with Gasteiger partial charge in [-0.15, -0.1) is 6.42 Å². The van der Waals surface area contributed by atoms with Crippen molar-refractivity contribution in [3.8, 4) is 12.3 Å². The van der Waals surface area contributed by atoms with E-state index in [1.165, 1.54) is 6.33 Å². The molecule has 1 amide bonds. The number of carbonyl (C=O) groups excluding carboxylic acids is 1. The summed E-state index contributed by atoms with van der Waals surface area (Å²) in [7, 11) is 2.12. The first-order chi connectivity index (χ1) is 15.1. The number of fused-ring (bicyclic) bond motifs is 1. The van der Waals surface area contributed by atoms with Gasteiger partial charge in [-0.25, -0.2) is 9.97 Å². The molecule has 0 saturated carbocycles. The number of benzene rings is 2. The minimum absolute atomic E-state index is 0.0167. The van der Waals surface area contributed by atoms with Crippen LogP contribution in [0.4, 0.5) is 17.2 Å². The van der Waals surface area contributed by atoms with Crippen molar-refractivity contribution in [2.24, 2.45) is 0 Å². The van der Waals surface area contributed by atoms with E-state index in [4.69, 9.17) is 6.42 Å². The van der Waals surface area contributed by atoms with Crippen molar-refractivity contribution in [1.29, 1.82) is 0 Å². The van der Waals surface area contributed by atoms with E-state index in [-0.39, 0.29) is 5.91 Å². The van der Waals surface area contributed by atoms with Crippen LogP contribution in [-0.2, 0) is 4.79 Å². The Hall–Kier alpha value is -3.47. The summed E-state index contributed by atoms with van der Waals surface area (Å²) < 4.78 is 0. The van der Waals surface area contributed by atoms with Crippen molar-refractivity contribution in [3.05, 3.63) is 54.4 Å². The van der Waals surface area contributed by atoms with E-state index in [1.54, 1.807) is 0 Å². The lowest BCUT2D eigenvalue weighted by molar-refractivity contribution is -0.117. The molecule has 7 nitrogen and oxygen atoms in total.